The zero-order chi connectivity index (χ0) is 19.3. The Labute approximate surface area is 151 Å². The number of hydrogen-bond acceptors (Lipinski definition) is 6. The summed E-state index contributed by atoms with van der Waals surface area (Å²) in [6.45, 7) is 12.1. The second-order valence-corrected chi connectivity index (χ2v) is 17.4. The molecule has 2 aliphatic carbocycles. The molecule has 0 aromatic heterocycles. The quantitative estimate of drug-likeness (QED) is 0.698. The van der Waals surface area contributed by atoms with Crippen LogP contribution in [0.4, 0.5) is 0 Å². The number of hydrogen-bond donors (Lipinski definition) is 0. The summed E-state index contributed by atoms with van der Waals surface area (Å²) in [6.07, 6.45) is 0.363. The van der Waals surface area contributed by atoms with Gasteiger partial charge in [-0.05, 0) is 45.7 Å². The molecule has 0 saturated heterocycles. The Balaban J connectivity index is 2.75. The fourth-order valence-corrected chi connectivity index (χ4v) is 5.51. The minimum atomic E-state index is -2.04. The lowest BCUT2D eigenvalue weighted by atomic mass is 9.59. The molecular formula is C17H22N4O2Si2. The zero-order valence-corrected chi connectivity index (χ0v) is 17.5. The molecule has 0 aromatic carbocycles. The average molecular weight is 371 g/mol. The van der Waals surface area contributed by atoms with Gasteiger partial charge in [0.15, 0.2) is 10.8 Å². The maximum Gasteiger partial charge on any atom is 0.241 e. The molecule has 2 bridgehead atoms. The van der Waals surface area contributed by atoms with Crippen LogP contribution in [0.15, 0.2) is 11.5 Å². The van der Waals surface area contributed by atoms with Crippen LogP contribution in [0, 0.1) is 68.0 Å². The highest BCUT2D eigenvalue weighted by Crippen LogP contribution is 2.68. The molecular weight excluding hydrogens is 348 g/mol. The van der Waals surface area contributed by atoms with Gasteiger partial charge < -0.3 is 8.85 Å². The molecule has 0 N–H and O–H groups in total. The summed E-state index contributed by atoms with van der Waals surface area (Å²) in [5.74, 6) is -0.165. The Hall–Kier alpha value is -2.27. The van der Waals surface area contributed by atoms with Crippen LogP contribution in [-0.2, 0) is 8.85 Å². The van der Waals surface area contributed by atoms with E-state index in [4.69, 9.17) is 8.85 Å². The van der Waals surface area contributed by atoms with Crippen molar-refractivity contribution in [3.05, 3.63) is 11.5 Å². The summed E-state index contributed by atoms with van der Waals surface area (Å²) < 4.78 is 12.5. The van der Waals surface area contributed by atoms with Crippen LogP contribution < -0.4 is 0 Å². The Morgan fingerprint density at radius 2 is 1.00 bits per heavy atom. The summed E-state index contributed by atoms with van der Waals surface area (Å²) in [5, 5.41) is 39.2. The minimum Gasteiger partial charge on any atom is -0.545 e. The van der Waals surface area contributed by atoms with Crippen molar-refractivity contribution < 1.29 is 8.85 Å². The molecule has 1 saturated carbocycles. The standard InChI is InChI=1S/C17H22N4O2Si2/c1-24(2,3)22-14-12-7-13(15(14)23-25(4,5)6)17(10-20,11-21)16(12,8-18)9-19/h12-13H,7H2,1-6H3. The van der Waals surface area contributed by atoms with Gasteiger partial charge in [0.05, 0.1) is 36.1 Å². The lowest BCUT2D eigenvalue weighted by Crippen LogP contribution is -2.47. The van der Waals surface area contributed by atoms with E-state index in [1.165, 1.54) is 0 Å². The van der Waals surface area contributed by atoms with Crippen molar-refractivity contribution >= 4 is 16.6 Å². The maximum absolute atomic E-state index is 9.80. The third-order valence-electron chi connectivity index (χ3n) is 4.55. The number of allylic oxidation sites excluding steroid dienone is 2. The number of fused-ring (bicyclic) bond motifs is 2. The van der Waals surface area contributed by atoms with E-state index < -0.39 is 39.3 Å². The Morgan fingerprint density at radius 1 is 0.720 bits per heavy atom. The van der Waals surface area contributed by atoms with Crippen molar-refractivity contribution in [2.45, 2.75) is 45.7 Å². The van der Waals surface area contributed by atoms with E-state index in [-0.39, 0.29) is 0 Å². The first-order valence-electron chi connectivity index (χ1n) is 8.18. The van der Waals surface area contributed by atoms with E-state index in [2.05, 4.69) is 0 Å². The molecule has 0 spiro atoms. The van der Waals surface area contributed by atoms with Crippen LogP contribution in [0.25, 0.3) is 0 Å². The largest absolute Gasteiger partial charge is 0.545 e. The van der Waals surface area contributed by atoms with Gasteiger partial charge in [0.2, 0.25) is 16.6 Å². The molecule has 0 aromatic rings. The first kappa shape index (κ1) is 19.1. The average Bonchev–Trinajstić information content (AvgIpc) is 2.96. The highest BCUT2D eigenvalue weighted by atomic mass is 28.4. The van der Waals surface area contributed by atoms with Crippen LogP contribution in [0.1, 0.15) is 6.42 Å². The molecule has 2 aliphatic rings. The topological polar surface area (TPSA) is 114 Å². The summed E-state index contributed by atoms with van der Waals surface area (Å²) in [6, 6.07) is 8.01. The predicted molar refractivity (Wildman–Crippen MR) is 94.8 cm³/mol. The third kappa shape index (κ3) is 2.63. The second-order valence-electron chi connectivity index (χ2n) is 8.56. The molecule has 0 amide bonds. The zero-order valence-electron chi connectivity index (χ0n) is 15.5. The predicted octanol–water partition coefficient (Wildman–Crippen LogP) is 3.62. The van der Waals surface area contributed by atoms with Crippen LogP contribution >= 0.6 is 0 Å². The van der Waals surface area contributed by atoms with Gasteiger partial charge in [-0.3, -0.25) is 0 Å². The second kappa shape index (κ2) is 5.63. The maximum atomic E-state index is 9.80. The Bertz CT molecular complexity index is 699. The van der Waals surface area contributed by atoms with Crippen molar-refractivity contribution in [3.63, 3.8) is 0 Å². The molecule has 2 rings (SSSR count). The molecule has 8 heteroatoms. The minimum absolute atomic E-state index is 0.363. The third-order valence-corrected chi connectivity index (χ3v) is 6.22. The van der Waals surface area contributed by atoms with E-state index in [0.717, 1.165) is 0 Å². The Morgan fingerprint density at radius 3 is 1.20 bits per heavy atom. The smallest absolute Gasteiger partial charge is 0.241 e. The number of nitrogens with zero attached hydrogens (tertiary/aromatic N) is 4. The summed E-state index contributed by atoms with van der Waals surface area (Å²) >= 11 is 0. The summed E-state index contributed by atoms with van der Waals surface area (Å²) in [7, 11) is -4.08. The van der Waals surface area contributed by atoms with Gasteiger partial charge in [0.25, 0.3) is 0 Å². The lowest BCUT2D eigenvalue weighted by molar-refractivity contribution is 0.166. The molecule has 25 heavy (non-hydrogen) atoms. The van der Waals surface area contributed by atoms with Crippen molar-refractivity contribution in [1.82, 2.24) is 0 Å². The molecule has 0 aliphatic heterocycles. The van der Waals surface area contributed by atoms with Crippen LogP contribution in [0.2, 0.25) is 39.3 Å². The molecule has 2 atom stereocenters. The monoisotopic (exact) mass is 370 g/mol. The number of nitriles is 4. The molecule has 1 fully saturated rings. The normalized spacial score (nSPS) is 26.2. The number of rotatable bonds is 4. The molecule has 0 heterocycles. The van der Waals surface area contributed by atoms with Gasteiger partial charge in [-0.15, -0.1) is 0 Å². The van der Waals surface area contributed by atoms with Gasteiger partial charge in [-0.2, -0.15) is 21.0 Å². The van der Waals surface area contributed by atoms with E-state index in [0.29, 0.717) is 17.9 Å². The summed E-state index contributed by atoms with van der Waals surface area (Å²) in [4.78, 5) is 0. The van der Waals surface area contributed by atoms with Crippen LogP contribution in [0.5, 0.6) is 0 Å². The SMILES string of the molecule is C[Si](C)(C)OC1=C(O[Si](C)(C)C)C2CC1C(C#N)(C#N)C2(C#N)C#N. The van der Waals surface area contributed by atoms with Gasteiger partial charge in [0.1, 0.15) is 11.5 Å². The summed E-state index contributed by atoms with van der Waals surface area (Å²) in [5.41, 5.74) is -3.47. The van der Waals surface area contributed by atoms with Gasteiger partial charge in [-0.25, -0.2) is 0 Å². The van der Waals surface area contributed by atoms with E-state index in [1.807, 2.05) is 63.6 Å². The fourth-order valence-electron chi connectivity index (χ4n) is 3.71. The van der Waals surface area contributed by atoms with Crippen molar-refractivity contribution in [2.24, 2.45) is 22.7 Å². The first-order chi connectivity index (χ1) is 11.4. The Kier molecular flexibility index (Phi) is 4.29. The van der Waals surface area contributed by atoms with Crippen molar-refractivity contribution in [2.75, 3.05) is 0 Å². The molecule has 130 valence electrons. The first-order valence-corrected chi connectivity index (χ1v) is 15.0. The van der Waals surface area contributed by atoms with Gasteiger partial charge in [-0.1, -0.05) is 0 Å². The van der Waals surface area contributed by atoms with E-state index >= 15 is 0 Å². The van der Waals surface area contributed by atoms with Crippen molar-refractivity contribution in [1.29, 1.82) is 21.0 Å². The molecule has 6 nitrogen and oxygen atoms in total. The molecule has 2 unspecified atom stereocenters. The molecule has 0 radical (unpaired) electrons. The lowest BCUT2D eigenvalue weighted by Gasteiger charge is -2.40. The fraction of sp³-hybridized carbons (Fsp3) is 0.647. The highest BCUT2D eigenvalue weighted by molar-refractivity contribution is 6.70. The van der Waals surface area contributed by atoms with E-state index in [9.17, 15) is 21.0 Å². The van der Waals surface area contributed by atoms with Crippen LogP contribution in [0.3, 0.4) is 0 Å². The van der Waals surface area contributed by atoms with E-state index in [1.54, 1.807) is 0 Å². The van der Waals surface area contributed by atoms with Gasteiger partial charge >= 0.3 is 0 Å². The van der Waals surface area contributed by atoms with Crippen LogP contribution in [-0.4, -0.2) is 16.6 Å². The van der Waals surface area contributed by atoms with Crippen molar-refractivity contribution in [3.8, 4) is 24.3 Å². The van der Waals surface area contributed by atoms with Gasteiger partial charge in [0, 0.05) is 0 Å². The highest BCUT2D eigenvalue weighted by Gasteiger charge is 2.75.